The molecule has 4 rings (SSSR count). The van der Waals surface area contributed by atoms with Crippen LogP contribution in [-0.4, -0.2) is 30.1 Å². The van der Waals surface area contributed by atoms with Crippen LogP contribution in [0.4, 0.5) is 0 Å². The van der Waals surface area contributed by atoms with Crippen molar-refractivity contribution in [2.45, 2.75) is 0 Å². The molecular formula is C12H7N6. The summed E-state index contributed by atoms with van der Waals surface area (Å²) in [4.78, 5) is 15.7. The molecule has 0 aliphatic carbocycles. The molecule has 85 valence electrons. The second kappa shape index (κ2) is 3.36. The lowest BCUT2D eigenvalue weighted by molar-refractivity contribution is 1.11. The SMILES string of the molecule is [c]1n[nH]c2cccc(-c3nc4ncncc4[nH]3)c12. The van der Waals surface area contributed by atoms with Crippen molar-refractivity contribution in [1.82, 2.24) is 30.1 Å². The molecule has 1 radical (unpaired) electrons. The molecule has 6 nitrogen and oxygen atoms in total. The fourth-order valence-corrected chi connectivity index (χ4v) is 2.00. The van der Waals surface area contributed by atoms with Gasteiger partial charge in [0, 0.05) is 10.9 Å². The van der Waals surface area contributed by atoms with Crippen LogP contribution in [0.5, 0.6) is 0 Å². The van der Waals surface area contributed by atoms with Gasteiger partial charge in [-0.1, -0.05) is 12.1 Å². The van der Waals surface area contributed by atoms with Crippen LogP contribution in [0, 0.1) is 6.20 Å². The lowest BCUT2D eigenvalue weighted by Gasteiger charge is -1.97. The van der Waals surface area contributed by atoms with Crippen molar-refractivity contribution in [3.63, 3.8) is 0 Å². The molecule has 0 bridgehead atoms. The Bertz CT molecular complexity index is 811. The Balaban J connectivity index is 2.04. The van der Waals surface area contributed by atoms with Gasteiger partial charge >= 0.3 is 0 Å². The first-order chi connectivity index (χ1) is 8.92. The van der Waals surface area contributed by atoms with Gasteiger partial charge < -0.3 is 4.98 Å². The number of imidazole rings is 1. The number of H-pyrrole nitrogens is 2. The summed E-state index contributed by atoms with van der Waals surface area (Å²) in [6, 6.07) is 5.87. The molecular weight excluding hydrogens is 228 g/mol. The minimum absolute atomic E-state index is 0.653. The van der Waals surface area contributed by atoms with Gasteiger partial charge in [0.25, 0.3) is 0 Å². The van der Waals surface area contributed by atoms with Gasteiger partial charge in [-0.3, -0.25) is 5.10 Å². The third kappa shape index (κ3) is 1.22. The van der Waals surface area contributed by atoms with Crippen molar-refractivity contribution in [1.29, 1.82) is 0 Å². The molecule has 0 atom stereocenters. The van der Waals surface area contributed by atoms with Crippen molar-refractivity contribution in [3.8, 4) is 11.4 Å². The van der Waals surface area contributed by atoms with Gasteiger partial charge in [0.15, 0.2) is 5.65 Å². The molecule has 2 N–H and O–H groups in total. The van der Waals surface area contributed by atoms with E-state index >= 15 is 0 Å². The maximum atomic E-state index is 4.44. The van der Waals surface area contributed by atoms with E-state index in [1.54, 1.807) is 6.20 Å². The topological polar surface area (TPSA) is 83.1 Å². The van der Waals surface area contributed by atoms with Gasteiger partial charge in [0.1, 0.15) is 23.9 Å². The Hall–Kier alpha value is -2.76. The zero-order valence-corrected chi connectivity index (χ0v) is 9.18. The average molecular weight is 235 g/mol. The number of nitrogens with one attached hydrogen (secondary N) is 2. The summed E-state index contributed by atoms with van der Waals surface area (Å²) in [6.45, 7) is 0. The molecule has 0 amide bonds. The molecule has 0 aliphatic rings. The number of aromatic amines is 2. The normalized spacial score (nSPS) is 11.3. The third-order valence-corrected chi connectivity index (χ3v) is 2.83. The summed E-state index contributed by atoms with van der Waals surface area (Å²) in [7, 11) is 0. The van der Waals surface area contributed by atoms with Crippen LogP contribution in [0.15, 0.2) is 30.7 Å². The van der Waals surface area contributed by atoms with Crippen molar-refractivity contribution >= 4 is 22.1 Å². The first kappa shape index (κ1) is 9.29. The Morgan fingerprint density at radius 2 is 2.17 bits per heavy atom. The number of aromatic nitrogens is 6. The summed E-state index contributed by atoms with van der Waals surface area (Å²) in [5, 5.41) is 7.72. The van der Waals surface area contributed by atoms with Gasteiger partial charge in [-0.2, -0.15) is 5.10 Å². The smallest absolute Gasteiger partial charge is 0.181 e. The Morgan fingerprint density at radius 1 is 1.17 bits per heavy atom. The van der Waals surface area contributed by atoms with Crippen molar-refractivity contribution in [3.05, 3.63) is 36.9 Å². The van der Waals surface area contributed by atoms with Gasteiger partial charge in [-0.05, 0) is 6.07 Å². The Labute approximate surface area is 101 Å². The molecule has 0 spiro atoms. The highest BCUT2D eigenvalue weighted by Gasteiger charge is 2.10. The second-order valence-corrected chi connectivity index (χ2v) is 3.91. The van der Waals surface area contributed by atoms with Crippen molar-refractivity contribution in [2.24, 2.45) is 0 Å². The first-order valence-corrected chi connectivity index (χ1v) is 5.43. The molecule has 3 heterocycles. The van der Waals surface area contributed by atoms with Crippen LogP contribution < -0.4 is 0 Å². The number of hydrogen-bond donors (Lipinski definition) is 2. The molecule has 0 fully saturated rings. The number of nitrogens with zero attached hydrogens (tertiary/aromatic N) is 4. The van der Waals surface area contributed by atoms with Gasteiger partial charge in [-0.25, -0.2) is 15.0 Å². The van der Waals surface area contributed by atoms with Crippen LogP contribution in [-0.2, 0) is 0 Å². The fraction of sp³-hybridized carbons (Fsp3) is 0. The number of benzene rings is 1. The van der Waals surface area contributed by atoms with E-state index in [-0.39, 0.29) is 0 Å². The molecule has 0 aliphatic heterocycles. The van der Waals surface area contributed by atoms with Crippen LogP contribution in [0.3, 0.4) is 0 Å². The quantitative estimate of drug-likeness (QED) is 0.526. The van der Waals surface area contributed by atoms with Crippen LogP contribution in [0.25, 0.3) is 33.5 Å². The second-order valence-electron chi connectivity index (χ2n) is 3.91. The lowest BCUT2D eigenvalue weighted by Crippen LogP contribution is -1.81. The van der Waals surface area contributed by atoms with E-state index in [9.17, 15) is 0 Å². The molecule has 0 saturated carbocycles. The largest absolute Gasteiger partial charge is 0.335 e. The maximum absolute atomic E-state index is 4.44. The highest BCUT2D eigenvalue weighted by Crippen LogP contribution is 2.25. The zero-order valence-electron chi connectivity index (χ0n) is 9.18. The predicted octanol–water partition coefficient (Wildman–Crippen LogP) is 1.70. The van der Waals surface area contributed by atoms with Crippen LogP contribution >= 0.6 is 0 Å². The highest BCUT2D eigenvalue weighted by molar-refractivity contribution is 5.93. The Kier molecular flexibility index (Phi) is 1.74. The highest BCUT2D eigenvalue weighted by atomic mass is 15.1. The van der Waals surface area contributed by atoms with Crippen molar-refractivity contribution in [2.75, 3.05) is 0 Å². The van der Waals surface area contributed by atoms with Gasteiger partial charge in [-0.15, -0.1) is 0 Å². The Morgan fingerprint density at radius 3 is 3.11 bits per heavy atom. The first-order valence-electron chi connectivity index (χ1n) is 5.43. The molecule has 1 aromatic carbocycles. The number of rotatable bonds is 1. The monoisotopic (exact) mass is 235 g/mol. The minimum Gasteiger partial charge on any atom is -0.335 e. The van der Waals surface area contributed by atoms with E-state index in [0.717, 1.165) is 27.8 Å². The third-order valence-electron chi connectivity index (χ3n) is 2.83. The van der Waals surface area contributed by atoms with Crippen molar-refractivity contribution < 1.29 is 0 Å². The van der Waals surface area contributed by atoms with E-state index in [1.165, 1.54) is 6.33 Å². The molecule has 0 unspecified atom stereocenters. The van der Waals surface area contributed by atoms with E-state index in [1.807, 2.05) is 18.2 Å². The van der Waals surface area contributed by atoms with E-state index < -0.39 is 0 Å². The van der Waals surface area contributed by atoms with Crippen LogP contribution in [0.2, 0.25) is 0 Å². The average Bonchev–Trinajstić information content (AvgIpc) is 3.04. The molecule has 0 saturated heterocycles. The molecule has 6 heteroatoms. The predicted molar refractivity (Wildman–Crippen MR) is 65.6 cm³/mol. The minimum atomic E-state index is 0.653. The van der Waals surface area contributed by atoms with E-state index in [0.29, 0.717) is 5.65 Å². The van der Waals surface area contributed by atoms with E-state index in [4.69, 9.17) is 0 Å². The van der Waals surface area contributed by atoms with Gasteiger partial charge in [0.05, 0.1) is 11.7 Å². The standard InChI is InChI=1S/C12H7N6/c1-2-7(8-4-15-18-9(8)3-1)11-16-10-5-13-6-14-12(10)17-11/h1-3,5-6H,(H,15,18)(H,13,14,16,17). The maximum Gasteiger partial charge on any atom is 0.181 e. The summed E-state index contributed by atoms with van der Waals surface area (Å²) in [6.07, 6.45) is 6.12. The summed E-state index contributed by atoms with van der Waals surface area (Å²) in [5.74, 6) is 0.744. The summed E-state index contributed by atoms with van der Waals surface area (Å²) >= 11 is 0. The zero-order chi connectivity index (χ0) is 11.9. The lowest BCUT2D eigenvalue weighted by atomic mass is 10.1. The fourth-order valence-electron chi connectivity index (χ4n) is 2.00. The molecule has 3 aromatic heterocycles. The molecule has 18 heavy (non-hydrogen) atoms. The number of hydrogen-bond acceptors (Lipinski definition) is 4. The summed E-state index contributed by atoms with van der Waals surface area (Å²) in [5.41, 5.74) is 3.34. The van der Waals surface area contributed by atoms with Crippen LogP contribution in [0.1, 0.15) is 0 Å². The van der Waals surface area contributed by atoms with E-state index in [2.05, 4.69) is 36.3 Å². The molecule has 4 aromatic rings. The number of fused-ring (bicyclic) bond motifs is 2. The summed E-state index contributed by atoms with van der Waals surface area (Å²) < 4.78 is 0. The van der Waals surface area contributed by atoms with Gasteiger partial charge in [0.2, 0.25) is 0 Å².